The maximum atomic E-state index is 3.49. The van der Waals surface area contributed by atoms with Gasteiger partial charge in [0.05, 0.1) is 0 Å². The van der Waals surface area contributed by atoms with Gasteiger partial charge >= 0.3 is 0 Å². The van der Waals surface area contributed by atoms with E-state index in [4.69, 9.17) is 0 Å². The molecule has 0 saturated heterocycles. The van der Waals surface area contributed by atoms with Gasteiger partial charge in [-0.2, -0.15) is 0 Å². The zero-order chi connectivity index (χ0) is 15.6. The zero-order valence-corrected chi connectivity index (χ0v) is 15.7. The van der Waals surface area contributed by atoms with Crippen molar-refractivity contribution in [2.75, 3.05) is 0 Å². The van der Waals surface area contributed by atoms with Crippen LogP contribution in [0.5, 0.6) is 0 Å². The Morgan fingerprint density at radius 3 is 2.45 bits per heavy atom. The lowest BCUT2D eigenvalue weighted by molar-refractivity contribution is 0.289. The summed E-state index contributed by atoms with van der Waals surface area (Å²) in [6.45, 7) is 2.30. The highest BCUT2D eigenvalue weighted by atomic mass is 79.9. The Labute approximate surface area is 145 Å². The van der Waals surface area contributed by atoms with Crippen LogP contribution in [0.1, 0.15) is 70.3 Å². The average Bonchev–Trinajstić information content (AvgIpc) is 2.55. The van der Waals surface area contributed by atoms with Gasteiger partial charge in [-0.05, 0) is 68.1 Å². The third-order valence-corrected chi connectivity index (χ3v) is 5.56. The molecule has 1 aliphatic rings. The predicted octanol–water partition coefficient (Wildman–Crippen LogP) is 7.32. The van der Waals surface area contributed by atoms with Crippen molar-refractivity contribution in [3.05, 3.63) is 46.5 Å². The second kappa shape index (κ2) is 10.3. The first-order valence-electron chi connectivity index (χ1n) is 9.19. The highest BCUT2D eigenvalue weighted by Gasteiger charge is 2.18. The summed E-state index contributed by atoms with van der Waals surface area (Å²) < 4.78 is 1.17. The molecule has 0 aliphatic heterocycles. The second-order valence-electron chi connectivity index (χ2n) is 6.87. The molecule has 0 aromatic heterocycles. The van der Waals surface area contributed by atoms with Gasteiger partial charge in [0.15, 0.2) is 0 Å². The molecule has 1 saturated carbocycles. The van der Waals surface area contributed by atoms with E-state index in [2.05, 4.69) is 59.3 Å². The molecule has 0 spiro atoms. The van der Waals surface area contributed by atoms with Crippen molar-refractivity contribution in [3.8, 4) is 0 Å². The summed E-state index contributed by atoms with van der Waals surface area (Å²) in [4.78, 5) is 0. The topological polar surface area (TPSA) is 0 Å². The molecule has 1 aromatic rings. The van der Waals surface area contributed by atoms with Crippen molar-refractivity contribution < 1.29 is 0 Å². The summed E-state index contributed by atoms with van der Waals surface area (Å²) in [5.41, 5.74) is 1.44. The molecule has 0 nitrogen and oxygen atoms in total. The van der Waals surface area contributed by atoms with Crippen LogP contribution >= 0.6 is 15.9 Å². The highest BCUT2D eigenvalue weighted by molar-refractivity contribution is 9.10. The zero-order valence-electron chi connectivity index (χ0n) is 14.1. The lowest BCUT2D eigenvalue weighted by Gasteiger charge is -2.26. The van der Waals surface area contributed by atoms with Gasteiger partial charge in [0.1, 0.15) is 0 Å². The van der Waals surface area contributed by atoms with Crippen LogP contribution in [0.25, 0.3) is 0 Å². The Morgan fingerprint density at radius 1 is 1.05 bits per heavy atom. The van der Waals surface area contributed by atoms with Gasteiger partial charge in [0.2, 0.25) is 0 Å². The van der Waals surface area contributed by atoms with E-state index in [1.807, 2.05) is 0 Å². The molecule has 122 valence electrons. The van der Waals surface area contributed by atoms with E-state index >= 15 is 0 Å². The smallest absolute Gasteiger partial charge is 0.0175 e. The molecule has 2 rings (SSSR count). The fourth-order valence-corrected chi connectivity index (χ4v) is 3.81. The molecule has 0 amide bonds. The molecule has 1 aromatic carbocycles. The van der Waals surface area contributed by atoms with E-state index in [9.17, 15) is 0 Å². The SMILES string of the molecule is CCCCCC1CCC(C=CCCc2ccc(Br)cc2)CC1. The van der Waals surface area contributed by atoms with E-state index in [-0.39, 0.29) is 0 Å². The maximum Gasteiger partial charge on any atom is 0.0175 e. The van der Waals surface area contributed by atoms with Gasteiger partial charge in [-0.1, -0.05) is 72.8 Å². The van der Waals surface area contributed by atoms with Crippen LogP contribution < -0.4 is 0 Å². The van der Waals surface area contributed by atoms with Crippen molar-refractivity contribution in [1.29, 1.82) is 0 Å². The number of hydrogen-bond acceptors (Lipinski definition) is 0. The minimum Gasteiger partial charge on any atom is -0.0879 e. The van der Waals surface area contributed by atoms with Gasteiger partial charge < -0.3 is 0 Å². The predicted molar refractivity (Wildman–Crippen MR) is 101 cm³/mol. The Morgan fingerprint density at radius 2 is 1.77 bits per heavy atom. The Balaban J connectivity index is 1.60. The van der Waals surface area contributed by atoms with Gasteiger partial charge in [0, 0.05) is 4.47 Å². The van der Waals surface area contributed by atoms with Gasteiger partial charge in [0.25, 0.3) is 0 Å². The number of unbranched alkanes of at least 4 members (excludes halogenated alkanes) is 2. The minimum atomic E-state index is 0.854. The third kappa shape index (κ3) is 6.69. The monoisotopic (exact) mass is 362 g/mol. The van der Waals surface area contributed by atoms with Crippen molar-refractivity contribution in [2.45, 2.75) is 71.1 Å². The summed E-state index contributed by atoms with van der Waals surface area (Å²) >= 11 is 3.49. The van der Waals surface area contributed by atoms with Crippen molar-refractivity contribution >= 4 is 15.9 Å². The first kappa shape index (κ1) is 17.8. The summed E-state index contributed by atoms with van der Waals surface area (Å²) in [5.74, 6) is 1.88. The fourth-order valence-electron chi connectivity index (χ4n) is 3.54. The molecule has 1 aliphatic carbocycles. The standard InChI is InChI=1S/C21H31Br/c1-2-3-4-7-18-10-12-19(13-11-18)8-5-6-9-20-14-16-21(22)17-15-20/h5,8,14-19H,2-4,6-7,9-13H2,1H3. The van der Waals surface area contributed by atoms with Crippen molar-refractivity contribution in [1.82, 2.24) is 0 Å². The average molecular weight is 363 g/mol. The molecular formula is C21H31Br. The number of aryl methyl sites for hydroxylation is 1. The van der Waals surface area contributed by atoms with Crippen molar-refractivity contribution in [3.63, 3.8) is 0 Å². The molecule has 0 N–H and O–H groups in total. The lowest BCUT2D eigenvalue weighted by atomic mass is 9.79. The van der Waals surface area contributed by atoms with Crippen LogP contribution in [0.3, 0.4) is 0 Å². The van der Waals surface area contributed by atoms with Crippen LogP contribution in [0.15, 0.2) is 40.9 Å². The summed E-state index contributed by atoms with van der Waals surface area (Å²) in [6, 6.07) is 8.72. The summed E-state index contributed by atoms with van der Waals surface area (Å²) in [5, 5.41) is 0. The van der Waals surface area contributed by atoms with Crippen molar-refractivity contribution in [2.24, 2.45) is 11.8 Å². The van der Waals surface area contributed by atoms with Crippen LogP contribution in [-0.2, 0) is 6.42 Å². The first-order valence-corrected chi connectivity index (χ1v) is 9.98. The summed E-state index contributed by atoms with van der Waals surface area (Å²) in [6.07, 6.45) is 18.8. The quantitative estimate of drug-likeness (QED) is 0.335. The molecule has 22 heavy (non-hydrogen) atoms. The summed E-state index contributed by atoms with van der Waals surface area (Å²) in [7, 11) is 0. The molecule has 0 atom stereocenters. The van der Waals surface area contributed by atoms with E-state index in [1.54, 1.807) is 0 Å². The first-order chi connectivity index (χ1) is 10.8. The van der Waals surface area contributed by atoms with Crippen LogP contribution in [0, 0.1) is 11.8 Å². The number of benzene rings is 1. The van der Waals surface area contributed by atoms with E-state index in [0.29, 0.717) is 0 Å². The molecule has 1 fully saturated rings. The second-order valence-corrected chi connectivity index (χ2v) is 7.79. The van der Waals surface area contributed by atoms with Gasteiger partial charge in [-0.25, -0.2) is 0 Å². The van der Waals surface area contributed by atoms with Gasteiger partial charge in [-0.15, -0.1) is 0 Å². The Bertz CT molecular complexity index is 424. The number of hydrogen-bond donors (Lipinski definition) is 0. The largest absolute Gasteiger partial charge is 0.0879 e. The highest BCUT2D eigenvalue weighted by Crippen LogP contribution is 2.32. The van der Waals surface area contributed by atoms with E-state index in [0.717, 1.165) is 18.3 Å². The third-order valence-electron chi connectivity index (χ3n) is 5.03. The number of allylic oxidation sites excluding steroid dienone is 2. The van der Waals surface area contributed by atoms with Crippen LogP contribution in [0.4, 0.5) is 0 Å². The Hall–Kier alpha value is -0.560. The molecule has 0 bridgehead atoms. The molecule has 1 heteroatoms. The maximum absolute atomic E-state index is 3.49. The normalized spacial score (nSPS) is 22.3. The fraction of sp³-hybridized carbons (Fsp3) is 0.619. The van der Waals surface area contributed by atoms with Crippen LogP contribution in [0.2, 0.25) is 0 Å². The minimum absolute atomic E-state index is 0.854. The molecule has 0 heterocycles. The van der Waals surface area contributed by atoms with Crippen LogP contribution in [-0.4, -0.2) is 0 Å². The Kier molecular flexibility index (Phi) is 8.30. The molecule has 0 unspecified atom stereocenters. The molecular weight excluding hydrogens is 332 g/mol. The van der Waals surface area contributed by atoms with E-state index in [1.165, 1.54) is 67.8 Å². The lowest BCUT2D eigenvalue weighted by Crippen LogP contribution is -2.13. The van der Waals surface area contributed by atoms with Gasteiger partial charge in [-0.3, -0.25) is 0 Å². The number of halogens is 1. The molecule has 0 radical (unpaired) electrons. The van der Waals surface area contributed by atoms with E-state index < -0.39 is 0 Å². The number of rotatable bonds is 8.